The van der Waals surface area contributed by atoms with E-state index in [0.29, 0.717) is 30.9 Å². The van der Waals surface area contributed by atoms with Crippen molar-refractivity contribution in [2.45, 2.75) is 19.4 Å². The number of nitrogen functional groups attached to an aromatic ring is 1. The summed E-state index contributed by atoms with van der Waals surface area (Å²) in [4.78, 5) is 15.2. The molecule has 0 aliphatic rings. The third-order valence-electron chi connectivity index (χ3n) is 2.70. The van der Waals surface area contributed by atoms with Crippen LogP contribution in [0.2, 0.25) is 0 Å². The molecule has 0 aliphatic heterocycles. The maximum Gasteiger partial charge on any atom is 0.305 e. The number of hydrogen-bond acceptors (Lipinski definition) is 5. The smallest absolute Gasteiger partial charge is 0.305 e. The SMILES string of the molecule is COC(=O)CCCn1cnc(-c2ccc(N)cc2)n1. The van der Waals surface area contributed by atoms with Crippen LogP contribution < -0.4 is 5.73 Å². The molecule has 6 nitrogen and oxygen atoms in total. The largest absolute Gasteiger partial charge is 0.469 e. The molecule has 0 saturated heterocycles. The molecule has 0 fully saturated rings. The van der Waals surface area contributed by atoms with Crippen LogP contribution in [0.3, 0.4) is 0 Å². The van der Waals surface area contributed by atoms with E-state index < -0.39 is 0 Å². The molecule has 19 heavy (non-hydrogen) atoms. The summed E-state index contributed by atoms with van der Waals surface area (Å²) in [7, 11) is 1.39. The van der Waals surface area contributed by atoms with Crippen molar-refractivity contribution in [3.05, 3.63) is 30.6 Å². The number of carbonyl (C=O) groups is 1. The van der Waals surface area contributed by atoms with Crippen molar-refractivity contribution in [2.75, 3.05) is 12.8 Å². The molecule has 2 rings (SSSR count). The Labute approximate surface area is 111 Å². The third-order valence-corrected chi connectivity index (χ3v) is 2.70. The number of aryl methyl sites for hydroxylation is 1. The van der Waals surface area contributed by atoms with Gasteiger partial charge >= 0.3 is 5.97 Å². The van der Waals surface area contributed by atoms with Crippen LogP contribution in [0.5, 0.6) is 0 Å². The highest BCUT2D eigenvalue weighted by atomic mass is 16.5. The van der Waals surface area contributed by atoms with E-state index in [1.807, 2.05) is 24.3 Å². The van der Waals surface area contributed by atoms with Crippen LogP contribution in [0.25, 0.3) is 11.4 Å². The topological polar surface area (TPSA) is 83.0 Å². The lowest BCUT2D eigenvalue weighted by Gasteiger charge is -2.00. The molecule has 100 valence electrons. The van der Waals surface area contributed by atoms with Gasteiger partial charge in [0.05, 0.1) is 7.11 Å². The van der Waals surface area contributed by atoms with Crippen LogP contribution in [-0.4, -0.2) is 27.8 Å². The van der Waals surface area contributed by atoms with Gasteiger partial charge in [-0.2, -0.15) is 5.10 Å². The standard InChI is InChI=1S/C13H16N4O2/c1-19-12(18)3-2-8-17-9-15-13(16-17)10-4-6-11(14)7-5-10/h4-7,9H,2-3,8,14H2,1H3. The van der Waals surface area contributed by atoms with E-state index in [4.69, 9.17) is 5.73 Å². The number of rotatable bonds is 5. The van der Waals surface area contributed by atoms with Gasteiger partial charge in [-0.05, 0) is 30.7 Å². The Hall–Kier alpha value is -2.37. The molecule has 0 radical (unpaired) electrons. The van der Waals surface area contributed by atoms with Crippen LogP contribution in [0.1, 0.15) is 12.8 Å². The number of hydrogen-bond donors (Lipinski definition) is 1. The molecule has 0 spiro atoms. The van der Waals surface area contributed by atoms with Crippen molar-refractivity contribution in [1.82, 2.24) is 14.8 Å². The zero-order valence-corrected chi connectivity index (χ0v) is 10.7. The Morgan fingerprint density at radius 2 is 2.11 bits per heavy atom. The van der Waals surface area contributed by atoms with Gasteiger partial charge in [-0.3, -0.25) is 9.48 Å². The van der Waals surface area contributed by atoms with Gasteiger partial charge in [0.2, 0.25) is 0 Å². The molecular weight excluding hydrogens is 244 g/mol. The summed E-state index contributed by atoms with van der Waals surface area (Å²) in [6.07, 6.45) is 2.72. The van der Waals surface area contributed by atoms with E-state index in [1.165, 1.54) is 7.11 Å². The van der Waals surface area contributed by atoms with Crippen molar-refractivity contribution in [3.63, 3.8) is 0 Å². The molecule has 0 bridgehead atoms. The Balaban J connectivity index is 1.95. The van der Waals surface area contributed by atoms with Gasteiger partial charge in [-0.1, -0.05) is 0 Å². The summed E-state index contributed by atoms with van der Waals surface area (Å²) in [6.45, 7) is 0.636. The van der Waals surface area contributed by atoms with Crippen molar-refractivity contribution in [2.24, 2.45) is 0 Å². The van der Waals surface area contributed by atoms with Gasteiger partial charge in [-0.25, -0.2) is 4.98 Å². The lowest BCUT2D eigenvalue weighted by atomic mass is 10.2. The molecule has 1 heterocycles. The number of aromatic nitrogens is 3. The maximum atomic E-state index is 11.0. The summed E-state index contributed by atoms with van der Waals surface area (Å²) in [6, 6.07) is 7.38. The number of esters is 1. The van der Waals surface area contributed by atoms with Crippen molar-refractivity contribution in [3.8, 4) is 11.4 Å². The Kier molecular flexibility index (Phi) is 4.12. The molecule has 6 heteroatoms. The summed E-state index contributed by atoms with van der Waals surface area (Å²) in [5.41, 5.74) is 7.25. The fourth-order valence-corrected chi connectivity index (χ4v) is 1.65. The molecule has 2 aromatic rings. The number of ether oxygens (including phenoxy) is 1. The van der Waals surface area contributed by atoms with Gasteiger partial charge in [0.1, 0.15) is 6.33 Å². The van der Waals surface area contributed by atoms with Crippen LogP contribution in [0.4, 0.5) is 5.69 Å². The zero-order chi connectivity index (χ0) is 13.7. The van der Waals surface area contributed by atoms with E-state index >= 15 is 0 Å². The molecule has 2 N–H and O–H groups in total. The summed E-state index contributed by atoms with van der Waals surface area (Å²) in [5.74, 6) is 0.442. The van der Waals surface area contributed by atoms with E-state index in [-0.39, 0.29) is 5.97 Å². The van der Waals surface area contributed by atoms with Crippen molar-refractivity contribution in [1.29, 1.82) is 0 Å². The van der Waals surface area contributed by atoms with Crippen LogP contribution in [0.15, 0.2) is 30.6 Å². The first-order valence-electron chi connectivity index (χ1n) is 6.01. The number of nitrogens with zero attached hydrogens (tertiary/aromatic N) is 3. The minimum atomic E-state index is -0.209. The second-order valence-electron chi connectivity index (χ2n) is 4.13. The third kappa shape index (κ3) is 3.54. The quantitative estimate of drug-likeness (QED) is 0.650. The number of anilines is 1. The normalized spacial score (nSPS) is 10.4. The fourth-order valence-electron chi connectivity index (χ4n) is 1.65. The highest BCUT2D eigenvalue weighted by molar-refractivity contribution is 5.68. The number of nitrogens with two attached hydrogens (primary N) is 1. The molecular formula is C13H16N4O2. The van der Waals surface area contributed by atoms with Gasteiger partial charge in [0, 0.05) is 24.2 Å². The second kappa shape index (κ2) is 5.99. The first-order chi connectivity index (χ1) is 9.19. The lowest BCUT2D eigenvalue weighted by molar-refractivity contribution is -0.140. The second-order valence-corrected chi connectivity index (χ2v) is 4.13. The summed E-state index contributed by atoms with van der Waals surface area (Å²) >= 11 is 0. The lowest BCUT2D eigenvalue weighted by Crippen LogP contribution is -2.04. The average Bonchev–Trinajstić information content (AvgIpc) is 2.88. The number of methoxy groups -OCH3 is 1. The van der Waals surface area contributed by atoms with Gasteiger partial charge in [0.25, 0.3) is 0 Å². The predicted molar refractivity (Wildman–Crippen MR) is 71.1 cm³/mol. The van der Waals surface area contributed by atoms with E-state index in [0.717, 1.165) is 5.56 Å². The van der Waals surface area contributed by atoms with Gasteiger partial charge in [-0.15, -0.1) is 0 Å². The van der Waals surface area contributed by atoms with E-state index in [9.17, 15) is 4.79 Å². The number of benzene rings is 1. The van der Waals surface area contributed by atoms with Crippen LogP contribution >= 0.6 is 0 Å². The van der Waals surface area contributed by atoms with E-state index in [1.54, 1.807) is 11.0 Å². The first kappa shape index (κ1) is 13.1. The molecule has 0 unspecified atom stereocenters. The molecule has 0 aliphatic carbocycles. The summed E-state index contributed by atoms with van der Waals surface area (Å²) in [5, 5.41) is 4.35. The van der Waals surface area contributed by atoms with Crippen molar-refractivity contribution >= 4 is 11.7 Å². The average molecular weight is 260 g/mol. The molecule has 1 aromatic heterocycles. The Morgan fingerprint density at radius 1 is 1.37 bits per heavy atom. The Morgan fingerprint density at radius 3 is 2.79 bits per heavy atom. The first-order valence-corrected chi connectivity index (χ1v) is 6.01. The molecule has 0 amide bonds. The zero-order valence-electron chi connectivity index (χ0n) is 10.7. The van der Waals surface area contributed by atoms with E-state index in [2.05, 4.69) is 14.8 Å². The van der Waals surface area contributed by atoms with Crippen LogP contribution in [0, 0.1) is 0 Å². The molecule has 1 aromatic carbocycles. The maximum absolute atomic E-state index is 11.0. The Bertz CT molecular complexity index is 548. The predicted octanol–water partition coefficient (Wildman–Crippen LogP) is 1.48. The monoisotopic (exact) mass is 260 g/mol. The fraction of sp³-hybridized carbons (Fsp3) is 0.308. The molecule has 0 saturated carbocycles. The summed E-state index contributed by atoms with van der Waals surface area (Å²) < 4.78 is 6.29. The van der Waals surface area contributed by atoms with Gasteiger partial charge < -0.3 is 10.5 Å². The van der Waals surface area contributed by atoms with Crippen molar-refractivity contribution < 1.29 is 9.53 Å². The number of carbonyl (C=O) groups excluding carboxylic acids is 1. The van der Waals surface area contributed by atoms with Gasteiger partial charge in [0.15, 0.2) is 5.82 Å². The highest BCUT2D eigenvalue weighted by Gasteiger charge is 2.05. The molecule has 0 atom stereocenters. The highest BCUT2D eigenvalue weighted by Crippen LogP contribution is 2.15. The minimum Gasteiger partial charge on any atom is -0.469 e. The van der Waals surface area contributed by atoms with Crippen LogP contribution in [-0.2, 0) is 16.1 Å². The minimum absolute atomic E-state index is 0.209.